The van der Waals surface area contributed by atoms with Crippen LogP contribution in [0.5, 0.6) is 11.5 Å². The summed E-state index contributed by atoms with van der Waals surface area (Å²) < 4.78 is 15.6. The zero-order chi connectivity index (χ0) is 18.1. The maximum atomic E-state index is 11.9. The van der Waals surface area contributed by atoms with Crippen molar-refractivity contribution in [3.8, 4) is 11.5 Å². The average Bonchev–Trinajstić information content (AvgIpc) is 2.51. The first-order valence-electron chi connectivity index (χ1n) is 7.40. The number of benzene rings is 1. The zero-order valence-electron chi connectivity index (χ0n) is 14.0. The lowest BCUT2D eigenvalue weighted by molar-refractivity contribution is -0.123. The van der Waals surface area contributed by atoms with Crippen LogP contribution in [-0.2, 0) is 9.53 Å². The highest BCUT2D eigenvalue weighted by atomic mass is 16.5. The molecule has 0 saturated heterocycles. The van der Waals surface area contributed by atoms with E-state index in [1.54, 1.807) is 11.4 Å². The minimum atomic E-state index is -1.01. The second kappa shape index (κ2) is 9.39. The number of primary amides is 1. The van der Waals surface area contributed by atoms with Crippen molar-refractivity contribution in [2.75, 3.05) is 20.3 Å². The largest absolute Gasteiger partial charge is 0.493 e. The molecule has 0 spiro atoms. The third kappa shape index (κ3) is 6.55. The molecular weight excluding hydrogens is 316 g/mol. The molecule has 0 fully saturated rings. The first-order valence-corrected chi connectivity index (χ1v) is 7.40. The van der Waals surface area contributed by atoms with Crippen LogP contribution in [0.15, 0.2) is 18.2 Å². The van der Waals surface area contributed by atoms with Gasteiger partial charge in [-0.1, -0.05) is 13.8 Å². The van der Waals surface area contributed by atoms with Crippen LogP contribution in [0.1, 0.15) is 30.6 Å². The van der Waals surface area contributed by atoms with Crippen LogP contribution in [0.3, 0.4) is 0 Å². The SMILES string of the molecule is COc1cc(C(=O)OCC(=O)NC(N)=O)ccc1OCCC(C)C. The lowest BCUT2D eigenvalue weighted by Gasteiger charge is -2.13. The van der Waals surface area contributed by atoms with E-state index in [1.807, 2.05) is 0 Å². The summed E-state index contributed by atoms with van der Waals surface area (Å²) in [6.07, 6.45) is 0.891. The van der Waals surface area contributed by atoms with Crippen LogP contribution in [0.4, 0.5) is 4.79 Å². The molecule has 0 saturated carbocycles. The minimum absolute atomic E-state index is 0.190. The van der Waals surface area contributed by atoms with Crippen molar-refractivity contribution in [1.29, 1.82) is 0 Å². The Hall–Kier alpha value is -2.77. The van der Waals surface area contributed by atoms with Gasteiger partial charge in [0, 0.05) is 0 Å². The molecule has 0 aliphatic rings. The molecule has 24 heavy (non-hydrogen) atoms. The fraction of sp³-hybridized carbons (Fsp3) is 0.438. The number of nitrogens with one attached hydrogen (secondary N) is 1. The smallest absolute Gasteiger partial charge is 0.338 e. The molecule has 8 heteroatoms. The molecule has 0 aliphatic carbocycles. The van der Waals surface area contributed by atoms with E-state index in [9.17, 15) is 14.4 Å². The van der Waals surface area contributed by atoms with Gasteiger partial charge in [-0.05, 0) is 30.5 Å². The lowest BCUT2D eigenvalue weighted by Crippen LogP contribution is -2.37. The van der Waals surface area contributed by atoms with Crippen molar-refractivity contribution < 1.29 is 28.6 Å². The molecule has 0 radical (unpaired) electrons. The van der Waals surface area contributed by atoms with Crippen molar-refractivity contribution in [2.24, 2.45) is 11.7 Å². The number of esters is 1. The summed E-state index contributed by atoms with van der Waals surface area (Å²) in [7, 11) is 1.46. The third-order valence-electron chi connectivity index (χ3n) is 2.95. The Labute approximate surface area is 140 Å². The standard InChI is InChI=1S/C16H22N2O6/c1-10(2)6-7-23-12-5-4-11(8-13(12)22-3)15(20)24-9-14(19)18-16(17)21/h4-5,8,10H,6-7,9H2,1-3H3,(H3,17,18,19,21). The Morgan fingerprint density at radius 2 is 1.92 bits per heavy atom. The number of nitrogens with two attached hydrogens (primary N) is 1. The van der Waals surface area contributed by atoms with Gasteiger partial charge < -0.3 is 19.9 Å². The second-order valence-corrected chi connectivity index (χ2v) is 5.39. The molecule has 0 unspecified atom stereocenters. The Balaban J connectivity index is 2.66. The first-order chi connectivity index (χ1) is 11.3. The predicted octanol–water partition coefficient (Wildman–Crippen LogP) is 1.47. The van der Waals surface area contributed by atoms with E-state index < -0.39 is 24.5 Å². The second-order valence-electron chi connectivity index (χ2n) is 5.39. The molecule has 132 valence electrons. The van der Waals surface area contributed by atoms with Gasteiger partial charge >= 0.3 is 12.0 Å². The van der Waals surface area contributed by atoms with Crippen LogP contribution < -0.4 is 20.5 Å². The Bertz CT molecular complexity index is 600. The normalized spacial score (nSPS) is 10.2. The van der Waals surface area contributed by atoms with Crippen LogP contribution >= 0.6 is 0 Å². The van der Waals surface area contributed by atoms with Gasteiger partial charge in [0.2, 0.25) is 0 Å². The topological polar surface area (TPSA) is 117 Å². The Morgan fingerprint density at radius 1 is 1.21 bits per heavy atom. The van der Waals surface area contributed by atoms with Gasteiger partial charge in [0.05, 0.1) is 19.3 Å². The van der Waals surface area contributed by atoms with E-state index in [4.69, 9.17) is 19.9 Å². The highest BCUT2D eigenvalue weighted by molar-refractivity contribution is 5.96. The van der Waals surface area contributed by atoms with E-state index in [1.165, 1.54) is 19.2 Å². The molecule has 0 aromatic heterocycles. The van der Waals surface area contributed by atoms with Crippen molar-refractivity contribution in [3.63, 3.8) is 0 Å². The number of carbonyl (C=O) groups excluding carboxylic acids is 3. The lowest BCUT2D eigenvalue weighted by atomic mass is 10.1. The van der Waals surface area contributed by atoms with E-state index in [-0.39, 0.29) is 5.56 Å². The number of ether oxygens (including phenoxy) is 3. The summed E-state index contributed by atoms with van der Waals surface area (Å²) in [4.78, 5) is 33.6. The van der Waals surface area contributed by atoms with Gasteiger partial charge in [-0.2, -0.15) is 0 Å². The van der Waals surface area contributed by atoms with Gasteiger partial charge in [0.1, 0.15) is 0 Å². The van der Waals surface area contributed by atoms with Crippen LogP contribution in [0.25, 0.3) is 0 Å². The van der Waals surface area contributed by atoms with Gasteiger partial charge in [-0.15, -0.1) is 0 Å². The summed E-state index contributed by atoms with van der Waals surface area (Å²) in [6.45, 7) is 4.10. The zero-order valence-corrected chi connectivity index (χ0v) is 14.0. The highest BCUT2D eigenvalue weighted by Crippen LogP contribution is 2.28. The average molecular weight is 338 g/mol. The van der Waals surface area contributed by atoms with Crippen LogP contribution in [-0.4, -0.2) is 38.2 Å². The molecular formula is C16H22N2O6. The summed E-state index contributed by atoms with van der Waals surface area (Å²) >= 11 is 0. The molecule has 0 aliphatic heterocycles. The summed E-state index contributed by atoms with van der Waals surface area (Å²) in [5.74, 6) is -0.133. The Kier molecular flexibility index (Phi) is 7.54. The van der Waals surface area contributed by atoms with E-state index in [0.717, 1.165) is 6.42 Å². The summed E-state index contributed by atoms with van der Waals surface area (Å²) in [5.41, 5.74) is 4.97. The summed E-state index contributed by atoms with van der Waals surface area (Å²) in [6, 6.07) is 3.54. The van der Waals surface area contributed by atoms with Crippen LogP contribution in [0.2, 0.25) is 0 Å². The molecule has 1 aromatic rings. The van der Waals surface area contributed by atoms with E-state index in [0.29, 0.717) is 24.0 Å². The number of carbonyl (C=O) groups is 3. The monoisotopic (exact) mass is 338 g/mol. The minimum Gasteiger partial charge on any atom is -0.493 e. The molecule has 3 amide bonds. The van der Waals surface area contributed by atoms with Gasteiger partial charge in [0.25, 0.3) is 5.91 Å². The molecule has 0 heterocycles. The van der Waals surface area contributed by atoms with Crippen LogP contribution in [0, 0.1) is 5.92 Å². The maximum absolute atomic E-state index is 11.9. The molecule has 8 nitrogen and oxygen atoms in total. The van der Waals surface area contributed by atoms with Gasteiger partial charge in [-0.25, -0.2) is 9.59 Å². The van der Waals surface area contributed by atoms with E-state index in [2.05, 4.69) is 13.8 Å². The quantitative estimate of drug-likeness (QED) is 0.693. The van der Waals surface area contributed by atoms with Gasteiger partial charge in [0.15, 0.2) is 18.1 Å². The van der Waals surface area contributed by atoms with Crippen molar-refractivity contribution in [1.82, 2.24) is 5.32 Å². The number of rotatable bonds is 8. The Morgan fingerprint density at radius 3 is 2.50 bits per heavy atom. The number of urea groups is 1. The maximum Gasteiger partial charge on any atom is 0.338 e. The van der Waals surface area contributed by atoms with Gasteiger partial charge in [-0.3, -0.25) is 10.1 Å². The number of methoxy groups -OCH3 is 1. The number of hydrogen-bond donors (Lipinski definition) is 2. The van der Waals surface area contributed by atoms with Crippen molar-refractivity contribution in [3.05, 3.63) is 23.8 Å². The van der Waals surface area contributed by atoms with Crippen molar-refractivity contribution in [2.45, 2.75) is 20.3 Å². The molecule has 1 rings (SSSR count). The number of amides is 3. The van der Waals surface area contributed by atoms with Crippen molar-refractivity contribution >= 4 is 17.9 Å². The number of imide groups is 1. The molecule has 0 atom stereocenters. The highest BCUT2D eigenvalue weighted by Gasteiger charge is 2.14. The summed E-state index contributed by atoms with van der Waals surface area (Å²) in [5, 5.41) is 1.79. The number of hydrogen-bond acceptors (Lipinski definition) is 6. The fourth-order valence-electron chi connectivity index (χ4n) is 1.71. The third-order valence-corrected chi connectivity index (χ3v) is 2.95. The first kappa shape index (κ1) is 19.3. The fourth-order valence-corrected chi connectivity index (χ4v) is 1.71. The molecule has 3 N–H and O–H groups in total. The predicted molar refractivity (Wildman–Crippen MR) is 86.0 cm³/mol. The molecule has 0 bridgehead atoms. The molecule has 1 aromatic carbocycles. The van der Waals surface area contributed by atoms with E-state index >= 15 is 0 Å².